The lowest BCUT2D eigenvalue weighted by Crippen LogP contribution is -2.40. The van der Waals surface area contributed by atoms with Crippen molar-refractivity contribution < 1.29 is 4.42 Å². The highest BCUT2D eigenvalue weighted by Crippen LogP contribution is 2.00. The standard InChI is InChI=1S/C13H24N4O.HI/c1-4-14-13(15-8-9-17(3)5-2)16-11-12-7-6-10-18-12;/h6-7,10H,4-5,8-9,11H2,1-3H3,(H2,14,15,16);1H. The smallest absolute Gasteiger partial charge is 0.191 e. The maximum Gasteiger partial charge on any atom is 0.191 e. The molecule has 0 spiro atoms. The van der Waals surface area contributed by atoms with E-state index in [9.17, 15) is 0 Å². The second-order valence-corrected chi connectivity index (χ2v) is 4.10. The van der Waals surface area contributed by atoms with Crippen LogP contribution in [0.1, 0.15) is 19.6 Å². The van der Waals surface area contributed by atoms with Gasteiger partial charge in [0.15, 0.2) is 5.96 Å². The van der Waals surface area contributed by atoms with Gasteiger partial charge in [0.25, 0.3) is 0 Å². The highest BCUT2D eigenvalue weighted by atomic mass is 127. The van der Waals surface area contributed by atoms with Crippen LogP contribution in [-0.4, -0.2) is 44.1 Å². The molecule has 1 aromatic heterocycles. The van der Waals surface area contributed by atoms with E-state index >= 15 is 0 Å². The predicted octanol–water partition coefficient (Wildman–Crippen LogP) is 1.90. The Morgan fingerprint density at radius 3 is 2.74 bits per heavy atom. The van der Waals surface area contributed by atoms with Crippen molar-refractivity contribution >= 4 is 29.9 Å². The molecule has 0 atom stereocenters. The molecule has 0 saturated heterocycles. The Morgan fingerprint density at radius 1 is 1.37 bits per heavy atom. The summed E-state index contributed by atoms with van der Waals surface area (Å²) in [5.74, 6) is 1.70. The van der Waals surface area contributed by atoms with Gasteiger partial charge < -0.3 is 20.0 Å². The molecule has 0 aliphatic rings. The second kappa shape index (κ2) is 11.1. The highest BCUT2D eigenvalue weighted by molar-refractivity contribution is 14.0. The van der Waals surface area contributed by atoms with E-state index in [2.05, 4.69) is 41.4 Å². The summed E-state index contributed by atoms with van der Waals surface area (Å²) in [7, 11) is 2.11. The number of nitrogens with one attached hydrogen (secondary N) is 2. The van der Waals surface area contributed by atoms with Crippen molar-refractivity contribution in [1.82, 2.24) is 15.5 Å². The lowest BCUT2D eigenvalue weighted by atomic mass is 10.4. The minimum absolute atomic E-state index is 0. The Balaban J connectivity index is 0.00000324. The normalized spacial score (nSPS) is 11.3. The van der Waals surface area contributed by atoms with Crippen molar-refractivity contribution in [2.24, 2.45) is 4.99 Å². The Kier molecular flexibility index (Phi) is 10.7. The first-order valence-electron chi connectivity index (χ1n) is 6.49. The van der Waals surface area contributed by atoms with Gasteiger partial charge in [-0.25, -0.2) is 4.99 Å². The number of hydrogen-bond donors (Lipinski definition) is 2. The molecule has 1 rings (SSSR count). The number of nitrogens with zero attached hydrogens (tertiary/aromatic N) is 2. The lowest BCUT2D eigenvalue weighted by Gasteiger charge is -2.16. The number of halogens is 1. The van der Waals surface area contributed by atoms with Gasteiger partial charge in [-0.2, -0.15) is 0 Å². The molecule has 0 saturated carbocycles. The van der Waals surface area contributed by atoms with Crippen LogP contribution in [0.2, 0.25) is 0 Å². The zero-order valence-corrected chi connectivity index (χ0v) is 14.3. The molecule has 0 aliphatic carbocycles. The average Bonchev–Trinajstić information content (AvgIpc) is 2.88. The number of hydrogen-bond acceptors (Lipinski definition) is 3. The zero-order chi connectivity index (χ0) is 13.2. The Morgan fingerprint density at radius 2 is 2.16 bits per heavy atom. The number of aliphatic imine (C=N–C) groups is 1. The fraction of sp³-hybridized carbons (Fsp3) is 0.615. The molecular formula is C13H25IN4O. The SMILES string of the molecule is CCNC(=NCc1ccco1)NCCN(C)CC.I. The van der Waals surface area contributed by atoms with Crippen LogP contribution in [0.5, 0.6) is 0 Å². The summed E-state index contributed by atoms with van der Waals surface area (Å²) < 4.78 is 5.25. The van der Waals surface area contributed by atoms with Crippen LogP contribution in [0.25, 0.3) is 0 Å². The first-order chi connectivity index (χ1) is 8.76. The number of guanidine groups is 1. The van der Waals surface area contributed by atoms with E-state index in [4.69, 9.17) is 4.42 Å². The molecule has 2 N–H and O–H groups in total. The van der Waals surface area contributed by atoms with Crippen LogP contribution in [0, 0.1) is 0 Å². The van der Waals surface area contributed by atoms with Gasteiger partial charge in [0, 0.05) is 19.6 Å². The predicted molar refractivity (Wildman–Crippen MR) is 90.1 cm³/mol. The van der Waals surface area contributed by atoms with E-state index in [0.717, 1.165) is 37.9 Å². The van der Waals surface area contributed by atoms with Crippen LogP contribution in [-0.2, 0) is 6.54 Å². The maximum atomic E-state index is 5.25. The summed E-state index contributed by atoms with van der Waals surface area (Å²) >= 11 is 0. The molecule has 5 nitrogen and oxygen atoms in total. The first kappa shape index (κ1) is 18.2. The van der Waals surface area contributed by atoms with Gasteiger partial charge in [-0.3, -0.25) is 0 Å². The monoisotopic (exact) mass is 380 g/mol. The molecule has 0 radical (unpaired) electrons. The van der Waals surface area contributed by atoms with E-state index in [1.165, 1.54) is 0 Å². The van der Waals surface area contributed by atoms with Crippen LogP contribution < -0.4 is 10.6 Å². The molecule has 110 valence electrons. The molecule has 1 aromatic rings. The fourth-order valence-electron chi connectivity index (χ4n) is 1.42. The maximum absolute atomic E-state index is 5.25. The van der Waals surface area contributed by atoms with Crippen LogP contribution >= 0.6 is 24.0 Å². The summed E-state index contributed by atoms with van der Waals surface area (Å²) in [5, 5.41) is 6.52. The molecule has 0 aliphatic heterocycles. The number of likely N-dealkylation sites (N-methyl/N-ethyl adjacent to an activating group) is 1. The third-order valence-electron chi connectivity index (χ3n) is 2.64. The molecule has 6 heteroatoms. The van der Waals surface area contributed by atoms with E-state index < -0.39 is 0 Å². The van der Waals surface area contributed by atoms with Crippen molar-refractivity contribution in [3.05, 3.63) is 24.2 Å². The number of rotatable bonds is 7. The van der Waals surface area contributed by atoms with E-state index in [0.29, 0.717) is 6.54 Å². The van der Waals surface area contributed by atoms with E-state index in [1.54, 1.807) is 6.26 Å². The average molecular weight is 380 g/mol. The lowest BCUT2D eigenvalue weighted by molar-refractivity contribution is 0.357. The van der Waals surface area contributed by atoms with E-state index in [1.807, 2.05) is 12.1 Å². The quantitative estimate of drug-likeness (QED) is 0.431. The largest absolute Gasteiger partial charge is 0.467 e. The Hall–Kier alpha value is -0.760. The van der Waals surface area contributed by atoms with Gasteiger partial charge in [-0.05, 0) is 32.6 Å². The first-order valence-corrected chi connectivity index (χ1v) is 6.49. The van der Waals surface area contributed by atoms with Crippen molar-refractivity contribution in [2.75, 3.05) is 33.2 Å². The van der Waals surface area contributed by atoms with Gasteiger partial charge in [-0.1, -0.05) is 6.92 Å². The molecule has 0 amide bonds. The van der Waals surface area contributed by atoms with Crippen LogP contribution in [0.4, 0.5) is 0 Å². The molecule has 0 fully saturated rings. The third-order valence-corrected chi connectivity index (χ3v) is 2.64. The van der Waals surface area contributed by atoms with Crippen molar-refractivity contribution in [2.45, 2.75) is 20.4 Å². The fourth-order valence-corrected chi connectivity index (χ4v) is 1.42. The molecule has 1 heterocycles. The van der Waals surface area contributed by atoms with Gasteiger partial charge in [0.05, 0.1) is 6.26 Å². The summed E-state index contributed by atoms with van der Waals surface area (Å²) in [5.41, 5.74) is 0. The van der Waals surface area contributed by atoms with Crippen LogP contribution in [0.15, 0.2) is 27.8 Å². The van der Waals surface area contributed by atoms with Gasteiger partial charge in [0.2, 0.25) is 0 Å². The molecule has 19 heavy (non-hydrogen) atoms. The summed E-state index contributed by atoms with van der Waals surface area (Å²) in [6.07, 6.45) is 1.67. The van der Waals surface area contributed by atoms with Crippen LogP contribution in [0.3, 0.4) is 0 Å². The summed E-state index contributed by atoms with van der Waals surface area (Å²) in [6, 6.07) is 3.80. The summed E-state index contributed by atoms with van der Waals surface area (Å²) in [6.45, 7) is 8.57. The van der Waals surface area contributed by atoms with Gasteiger partial charge in [0.1, 0.15) is 12.3 Å². The van der Waals surface area contributed by atoms with Gasteiger partial charge >= 0.3 is 0 Å². The van der Waals surface area contributed by atoms with Crippen molar-refractivity contribution in [3.8, 4) is 0 Å². The zero-order valence-electron chi connectivity index (χ0n) is 12.0. The minimum Gasteiger partial charge on any atom is -0.467 e. The van der Waals surface area contributed by atoms with Crippen molar-refractivity contribution in [3.63, 3.8) is 0 Å². The van der Waals surface area contributed by atoms with Crippen molar-refractivity contribution in [1.29, 1.82) is 0 Å². The molecule has 0 unspecified atom stereocenters. The summed E-state index contributed by atoms with van der Waals surface area (Å²) in [4.78, 5) is 6.71. The Bertz CT molecular complexity index is 340. The Labute approximate surface area is 132 Å². The third kappa shape index (κ3) is 8.10. The minimum atomic E-state index is 0. The second-order valence-electron chi connectivity index (χ2n) is 4.10. The molecule has 0 bridgehead atoms. The molecular weight excluding hydrogens is 355 g/mol. The number of furan rings is 1. The highest BCUT2D eigenvalue weighted by Gasteiger charge is 1.99. The van der Waals surface area contributed by atoms with E-state index in [-0.39, 0.29) is 24.0 Å². The van der Waals surface area contributed by atoms with Gasteiger partial charge in [-0.15, -0.1) is 24.0 Å². The topological polar surface area (TPSA) is 52.8 Å². The molecule has 0 aromatic carbocycles.